The molecule has 0 saturated carbocycles. The highest BCUT2D eigenvalue weighted by Gasteiger charge is 2.42. The van der Waals surface area contributed by atoms with Crippen molar-refractivity contribution in [3.63, 3.8) is 0 Å². The van der Waals surface area contributed by atoms with Crippen LogP contribution in [0.3, 0.4) is 0 Å². The van der Waals surface area contributed by atoms with Gasteiger partial charge >= 0.3 is 0 Å². The normalized spacial score (nSPS) is 22.4. The van der Waals surface area contributed by atoms with Crippen LogP contribution in [-0.4, -0.2) is 10.2 Å². The fourth-order valence-electron chi connectivity index (χ4n) is 5.31. The van der Waals surface area contributed by atoms with Crippen LogP contribution in [0.1, 0.15) is 102 Å². The molecule has 30 heavy (non-hydrogen) atoms. The lowest BCUT2D eigenvalue weighted by Crippen LogP contribution is -2.34. The van der Waals surface area contributed by atoms with Gasteiger partial charge in [0.25, 0.3) is 0 Å². The van der Waals surface area contributed by atoms with E-state index >= 15 is 0 Å². The molecule has 0 atom stereocenters. The largest absolute Gasteiger partial charge is 0.512 e. The Morgan fingerprint density at radius 2 is 1.10 bits per heavy atom. The Hall–Kier alpha value is -1.44. The summed E-state index contributed by atoms with van der Waals surface area (Å²) in [6.07, 6.45) is 8.18. The lowest BCUT2D eigenvalue weighted by molar-refractivity contribution is 0.252. The summed E-state index contributed by atoms with van der Waals surface area (Å²) in [5, 5.41) is 21.7. The molecule has 0 bridgehead atoms. The zero-order valence-corrected chi connectivity index (χ0v) is 21.5. The zero-order chi connectivity index (χ0) is 23.3. The second kappa shape index (κ2) is 7.92. The standard InChI is InChI=1S/C28H46O2/c1-12-13-18(19-14-21(25(2,3)4)23(29)16-27(19,8)9)20-15-22(26(5,6)7)24(30)17-28(20,10)11/h14-15,18,29-30H,12-13,16-17H2,1-11H3. The molecule has 0 aromatic heterocycles. The quantitative estimate of drug-likeness (QED) is 0.482. The minimum atomic E-state index is -0.0965. The third-order valence-corrected chi connectivity index (χ3v) is 6.95. The SMILES string of the molecule is CCCC(C1=CC(C(C)(C)C)=C(O)CC1(C)C)C1=CC(C(C)(C)C)=C(O)CC1(C)C. The first-order valence-electron chi connectivity index (χ1n) is 11.7. The van der Waals surface area contributed by atoms with Crippen LogP contribution in [0.25, 0.3) is 0 Å². The molecule has 0 aromatic carbocycles. The number of allylic oxidation sites excluding steroid dienone is 8. The molecule has 2 rings (SSSR count). The van der Waals surface area contributed by atoms with Crippen molar-refractivity contribution in [1.82, 2.24) is 0 Å². The van der Waals surface area contributed by atoms with E-state index in [9.17, 15) is 10.2 Å². The Labute approximate surface area is 185 Å². The Bertz CT molecular complexity index is 733. The van der Waals surface area contributed by atoms with Crippen molar-refractivity contribution in [3.8, 4) is 0 Å². The molecule has 2 heteroatoms. The van der Waals surface area contributed by atoms with E-state index in [-0.39, 0.29) is 21.7 Å². The fraction of sp³-hybridized carbons (Fsp3) is 0.714. The van der Waals surface area contributed by atoms with E-state index in [1.165, 1.54) is 11.1 Å². The van der Waals surface area contributed by atoms with E-state index in [0.717, 1.165) is 24.0 Å². The first-order valence-corrected chi connectivity index (χ1v) is 11.7. The number of rotatable bonds is 4. The maximum Gasteiger partial charge on any atom is 0.0968 e. The van der Waals surface area contributed by atoms with Crippen LogP contribution >= 0.6 is 0 Å². The average molecular weight is 415 g/mol. The highest BCUT2D eigenvalue weighted by atomic mass is 16.3. The summed E-state index contributed by atoms with van der Waals surface area (Å²) >= 11 is 0. The Balaban J connectivity index is 2.73. The molecule has 2 aliphatic carbocycles. The van der Waals surface area contributed by atoms with Crippen molar-refractivity contribution in [1.29, 1.82) is 0 Å². The van der Waals surface area contributed by atoms with Crippen molar-refractivity contribution in [2.45, 2.75) is 102 Å². The van der Waals surface area contributed by atoms with Crippen LogP contribution in [-0.2, 0) is 0 Å². The molecule has 0 aliphatic heterocycles. The molecule has 170 valence electrons. The van der Waals surface area contributed by atoms with Gasteiger partial charge in [0.15, 0.2) is 0 Å². The molecule has 0 aromatic rings. The van der Waals surface area contributed by atoms with Gasteiger partial charge in [-0.2, -0.15) is 0 Å². The Kier molecular flexibility index (Phi) is 6.55. The van der Waals surface area contributed by atoms with E-state index in [2.05, 4.69) is 88.3 Å². The second-order valence-electron chi connectivity index (χ2n) is 12.9. The van der Waals surface area contributed by atoms with Crippen LogP contribution in [0.4, 0.5) is 0 Å². The summed E-state index contributed by atoms with van der Waals surface area (Å²) < 4.78 is 0. The van der Waals surface area contributed by atoms with E-state index < -0.39 is 0 Å². The van der Waals surface area contributed by atoms with E-state index in [0.29, 0.717) is 30.3 Å². The minimum Gasteiger partial charge on any atom is -0.512 e. The predicted octanol–water partition coefficient (Wildman–Crippen LogP) is 8.83. The summed E-state index contributed by atoms with van der Waals surface area (Å²) in [6.45, 7) is 24.4. The third kappa shape index (κ3) is 4.89. The summed E-state index contributed by atoms with van der Waals surface area (Å²) in [5.74, 6) is 1.39. The molecule has 2 nitrogen and oxygen atoms in total. The number of hydrogen-bond acceptors (Lipinski definition) is 2. The molecule has 0 unspecified atom stereocenters. The number of hydrogen-bond donors (Lipinski definition) is 2. The summed E-state index contributed by atoms with van der Waals surface area (Å²) in [6, 6.07) is 0. The lowest BCUT2D eigenvalue weighted by Gasteiger charge is -2.45. The molecule has 0 radical (unpaired) electrons. The van der Waals surface area contributed by atoms with E-state index in [1.54, 1.807) is 0 Å². The van der Waals surface area contributed by atoms with Crippen molar-refractivity contribution in [2.24, 2.45) is 27.6 Å². The van der Waals surface area contributed by atoms with Crippen molar-refractivity contribution in [2.75, 3.05) is 0 Å². The first-order chi connectivity index (χ1) is 13.4. The number of aliphatic hydroxyl groups excluding tert-OH is 2. The van der Waals surface area contributed by atoms with Gasteiger partial charge in [0.2, 0.25) is 0 Å². The van der Waals surface area contributed by atoms with Crippen LogP contribution in [0.2, 0.25) is 0 Å². The zero-order valence-electron chi connectivity index (χ0n) is 21.5. The lowest BCUT2D eigenvalue weighted by atomic mass is 9.60. The van der Waals surface area contributed by atoms with Gasteiger partial charge in [-0.05, 0) is 39.2 Å². The van der Waals surface area contributed by atoms with Crippen LogP contribution in [0.15, 0.2) is 46.0 Å². The fourth-order valence-corrected chi connectivity index (χ4v) is 5.31. The van der Waals surface area contributed by atoms with Crippen LogP contribution in [0.5, 0.6) is 0 Å². The molecule has 0 fully saturated rings. The molecule has 2 aliphatic rings. The first kappa shape index (κ1) is 24.8. The van der Waals surface area contributed by atoms with Crippen molar-refractivity contribution >= 4 is 0 Å². The molecule has 0 amide bonds. The summed E-state index contributed by atoms with van der Waals surface area (Å²) in [7, 11) is 0. The molecular weight excluding hydrogens is 368 g/mol. The van der Waals surface area contributed by atoms with Crippen LogP contribution < -0.4 is 0 Å². The highest BCUT2D eigenvalue weighted by Crippen LogP contribution is 2.54. The Morgan fingerprint density at radius 3 is 1.37 bits per heavy atom. The summed E-state index contributed by atoms with van der Waals surface area (Å²) in [5.41, 5.74) is 4.63. The maximum atomic E-state index is 10.8. The van der Waals surface area contributed by atoms with E-state index in [1.807, 2.05) is 0 Å². The van der Waals surface area contributed by atoms with Crippen molar-refractivity contribution in [3.05, 3.63) is 46.0 Å². The van der Waals surface area contributed by atoms with Gasteiger partial charge in [0.1, 0.15) is 0 Å². The van der Waals surface area contributed by atoms with Gasteiger partial charge in [-0.1, -0.05) is 106 Å². The van der Waals surface area contributed by atoms with Gasteiger partial charge in [-0.15, -0.1) is 0 Å². The van der Waals surface area contributed by atoms with Crippen LogP contribution in [0, 0.1) is 27.6 Å². The molecule has 2 N–H and O–H groups in total. The molecular formula is C28H46O2. The summed E-state index contributed by atoms with van der Waals surface area (Å²) in [4.78, 5) is 0. The second-order valence-corrected chi connectivity index (χ2v) is 12.9. The molecule has 0 heterocycles. The van der Waals surface area contributed by atoms with Gasteiger partial charge in [0, 0.05) is 18.8 Å². The highest BCUT2D eigenvalue weighted by molar-refractivity contribution is 5.46. The number of aliphatic hydroxyl groups is 2. The topological polar surface area (TPSA) is 40.5 Å². The van der Waals surface area contributed by atoms with Crippen molar-refractivity contribution < 1.29 is 10.2 Å². The maximum absolute atomic E-state index is 10.8. The van der Waals surface area contributed by atoms with Gasteiger partial charge in [-0.3, -0.25) is 0 Å². The smallest absolute Gasteiger partial charge is 0.0968 e. The molecule has 0 saturated heterocycles. The van der Waals surface area contributed by atoms with Gasteiger partial charge < -0.3 is 10.2 Å². The predicted molar refractivity (Wildman–Crippen MR) is 130 cm³/mol. The Morgan fingerprint density at radius 1 is 0.767 bits per heavy atom. The van der Waals surface area contributed by atoms with Gasteiger partial charge in [0.05, 0.1) is 11.5 Å². The average Bonchev–Trinajstić information content (AvgIpc) is 2.49. The monoisotopic (exact) mass is 414 g/mol. The molecule has 0 spiro atoms. The van der Waals surface area contributed by atoms with E-state index in [4.69, 9.17) is 0 Å². The third-order valence-electron chi connectivity index (χ3n) is 6.95. The van der Waals surface area contributed by atoms with Gasteiger partial charge in [-0.25, -0.2) is 0 Å². The minimum absolute atomic E-state index is 0.0895.